The van der Waals surface area contributed by atoms with E-state index in [2.05, 4.69) is 10.6 Å². The molecule has 6 nitrogen and oxygen atoms in total. The van der Waals surface area contributed by atoms with Gasteiger partial charge in [0.15, 0.2) is 6.10 Å². The Labute approximate surface area is 164 Å². The fraction of sp³-hybridized carbons (Fsp3) is 0.364. The molecular formula is C22H25N3O3. The average molecular weight is 379 g/mol. The Morgan fingerprint density at radius 1 is 1.14 bits per heavy atom. The van der Waals surface area contributed by atoms with Crippen molar-refractivity contribution in [3.63, 3.8) is 0 Å². The first-order valence-electron chi connectivity index (χ1n) is 9.76. The van der Waals surface area contributed by atoms with Crippen LogP contribution in [-0.2, 0) is 11.2 Å². The Balaban J connectivity index is 1.41. The number of nitrogens with zero attached hydrogens (tertiary/aromatic N) is 1. The fourth-order valence-corrected chi connectivity index (χ4v) is 3.86. The SMILES string of the molecule is CNC1CCCN(C(=O)c2cccc(NC(=O)C3Cc4ccccc4O3)c2)C1. The lowest BCUT2D eigenvalue weighted by Crippen LogP contribution is -2.46. The van der Waals surface area contributed by atoms with Crippen molar-refractivity contribution in [3.8, 4) is 5.75 Å². The molecule has 4 rings (SSSR count). The van der Waals surface area contributed by atoms with Crippen molar-refractivity contribution in [1.29, 1.82) is 0 Å². The summed E-state index contributed by atoms with van der Waals surface area (Å²) in [6.45, 7) is 1.47. The third kappa shape index (κ3) is 3.87. The van der Waals surface area contributed by atoms with Crippen LogP contribution in [0.25, 0.3) is 0 Å². The summed E-state index contributed by atoms with van der Waals surface area (Å²) in [5.74, 6) is 0.561. The number of rotatable bonds is 4. The van der Waals surface area contributed by atoms with Crippen molar-refractivity contribution < 1.29 is 14.3 Å². The number of para-hydroxylation sites is 1. The summed E-state index contributed by atoms with van der Waals surface area (Å²) in [6, 6.07) is 15.1. The fourth-order valence-electron chi connectivity index (χ4n) is 3.86. The first-order valence-corrected chi connectivity index (χ1v) is 9.76. The number of carbonyl (C=O) groups is 2. The molecule has 2 unspecified atom stereocenters. The van der Waals surface area contributed by atoms with E-state index in [4.69, 9.17) is 4.74 Å². The third-order valence-electron chi connectivity index (χ3n) is 5.43. The molecule has 6 heteroatoms. The minimum absolute atomic E-state index is 0.000528. The maximum atomic E-state index is 12.9. The lowest BCUT2D eigenvalue weighted by molar-refractivity contribution is -0.122. The number of benzene rings is 2. The van der Waals surface area contributed by atoms with Crippen molar-refractivity contribution in [1.82, 2.24) is 10.2 Å². The summed E-state index contributed by atoms with van der Waals surface area (Å²) in [4.78, 5) is 27.4. The first-order chi connectivity index (χ1) is 13.6. The van der Waals surface area contributed by atoms with Gasteiger partial charge in [-0.15, -0.1) is 0 Å². The van der Waals surface area contributed by atoms with Crippen molar-refractivity contribution in [2.75, 3.05) is 25.5 Å². The number of nitrogens with one attached hydrogen (secondary N) is 2. The second-order valence-electron chi connectivity index (χ2n) is 7.37. The van der Waals surface area contributed by atoms with Crippen LogP contribution < -0.4 is 15.4 Å². The molecule has 2 aliphatic heterocycles. The maximum absolute atomic E-state index is 12.9. The van der Waals surface area contributed by atoms with Gasteiger partial charge < -0.3 is 20.3 Å². The summed E-state index contributed by atoms with van der Waals surface area (Å²) in [5.41, 5.74) is 2.23. The molecule has 28 heavy (non-hydrogen) atoms. The molecule has 2 aromatic carbocycles. The van der Waals surface area contributed by atoms with E-state index in [9.17, 15) is 9.59 Å². The molecule has 1 saturated heterocycles. The van der Waals surface area contributed by atoms with Crippen LogP contribution in [0.1, 0.15) is 28.8 Å². The van der Waals surface area contributed by atoms with Crippen molar-refractivity contribution >= 4 is 17.5 Å². The van der Waals surface area contributed by atoms with Gasteiger partial charge in [-0.05, 0) is 49.7 Å². The number of hydrogen-bond donors (Lipinski definition) is 2. The van der Waals surface area contributed by atoms with E-state index < -0.39 is 6.10 Å². The van der Waals surface area contributed by atoms with E-state index in [0.29, 0.717) is 30.3 Å². The van der Waals surface area contributed by atoms with Crippen LogP contribution in [0.15, 0.2) is 48.5 Å². The Morgan fingerprint density at radius 3 is 2.82 bits per heavy atom. The van der Waals surface area contributed by atoms with Crippen LogP contribution in [0, 0.1) is 0 Å². The van der Waals surface area contributed by atoms with Crippen LogP contribution in [0.3, 0.4) is 0 Å². The molecule has 2 N–H and O–H groups in total. The number of anilines is 1. The summed E-state index contributed by atoms with van der Waals surface area (Å²) >= 11 is 0. The monoisotopic (exact) mass is 379 g/mol. The van der Waals surface area contributed by atoms with Gasteiger partial charge in [-0.3, -0.25) is 9.59 Å². The Bertz CT molecular complexity index is 858. The van der Waals surface area contributed by atoms with Crippen LogP contribution >= 0.6 is 0 Å². The third-order valence-corrected chi connectivity index (χ3v) is 5.43. The van der Waals surface area contributed by atoms with E-state index in [1.807, 2.05) is 36.2 Å². The lowest BCUT2D eigenvalue weighted by atomic mass is 10.0. The van der Waals surface area contributed by atoms with Gasteiger partial charge in [0, 0.05) is 36.8 Å². The normalized spacial score (nSPS) is 21.0. The van der Waals surface area contributed by atoms with E-state index in [1.54, 1.807) is 24.3 Å². The van der Waals surface area contributed by atoms with Crippen LogP contribution in [0.4, 0.5) is 5.69 Å². The predicted molar refractivity (Wildman–Crippen MR) is 108 cm³/mol. The molecule has 2 aliphatic rings. The molecule has 2 heterocycles. The number of hydrogen-bond acceptors (Lipinski definition) is 4. The largest absolute Gasteiger partial charge is 0.480 e. The summed E-state index contributed by atoms with van der Waals surface area (Å²) in [6.07, 6.45) is 2.09. The Morgan fingerprint density at radius 2 is 2.00 bits per heavy atom. The minimum atomic E-state index is -0.546. The minimum Gasteiger partial charge on any atom is -0.480 e. The predicted octanol–water partition coefficient (Wildman–Crippen LogP) is 2.45. The topological polar surface area (TPSA) is 70.7 Å². The zero-order valence-corrected chi connectivity index (χ0v) is 16.0. The molecule has 0 spiro atoms. The van der Waals surface area contributed by atoms with Crippen molar-refractivity contribution in [3.05, 3.63) is 59.7 Å². The van der Waals surface area contributed by atoms with Crippen LogP contribution in [-0.4, -0.2) is 49.0 Å². The Hall–Kier alpha value is -2.86. The highest BCUT2D eigenvalue weighted by Crippen LogP contribution is 2.28. The molecule has 0 aliphatic carbocycles. The molecule has 2 aromatic rings. The molecule has 146 valence electrons. The molecule has 0 bridgehead atoms. The van der Waals surface area contributed by atoms with Gasteiger partial charge in [0.05, 0.1) is 0 Å². The van der Waals surface area contributed by atoms with E-state index in [-0.39, 0.29) is 11.8 Å². The molecule has 2 amide bonds. The van der Waals surface area contributed by atoms with E-state index >= 15 is 0 Å². The number of piperidine rings is 1. The highest BCUT2D eigenvalue weighted by Gasteiger charge is 2.29. The number of ether oxygens (including phenoxy) is 1. The van der Waals surface area contributed by atoms with Gasteiger partial charge in [-0.2, -0.15) is 0 Å². The van der Waals surface area contributed by atoms with Crippen LogP contribution in [0.5, 0.6) is 5.75 Å². The lowest BCUT2D eigenvalue weighted by Gasteiger charge is -2.32. The summed E-state index contributed by atoms with van der Waals surface area (Å²) in [5, 5.41) is 6.14. The van der Waals surface area contributed by atoms with Crippen LogP contribution in [0.2, 0.25) is 0 Å². The second kappa shape index (κ2) is 8.02. The molecule has 0 aromatic heterocycles. The van der Waals surface area contributed by atoms with Gasteiger partial charge in [0.25, 0.3) is 11.8 Å². The van der Waals surface area contributed by atoms with Crippen molar-refractivity contribution in [2.45, 2.75) is 31.4 Å². The van der Waals surface area contributed by atoms with Gasteiger partial charge in [0.2, 0.25) is 0 Å². The molecule has 0 radical (unpaired) electrons. The van der Waals surface area contributed by atoms with Gasteiger partial charge in [-0.25, -0.2) is 0 Å². The molecule has 2 atom stereocenters. The zero-order valence-electron chi connectivity index (χ0n) is 16.0. The highest BCUT2D eigenvalue weighted by molar-refractivity contribution is 5.98. The molecular weight excluding hydrogens is 354 g/mol. The highest BCUT2D eigenvalue weighted by atomic mass is 16.5. The van der Waals surface area contributed by atoms with E-state index in [1.165, 1.54) is 0 Å². The standard InChI is InChI=1S/C22H25N3O3/c1-23-18-9-5-11-25(14-18)22(27)16-7-4-8-17(12-16)24-21(26)20-13-15-6-2-3-10-19(15)28-20/h2-4,6-8,10,12,18,20,23H,5,9,11,13-14H2,1H3,(H,24,26). The van der Waals surface area contributed by atoms with Gasteiger partial charge in [-0.1, -0.05) is 24.3 Å². The smallest absolute Gasteiger partial charge is 0.265 e. The number of fused-ring (bicyclic) bond motifs is 1. The summed E-state index contributed by atoms with van der Waals surface area (Å²) < 4.78 is 5.74. The average Bonchev–Trinajstić information content (AvgIpc) is 3.18. The van der Waals surface area contributed by atoms with Gasteiger partial charge in [0.1, 0.15) is 5.75 Å². The number of likely N-dealkylation sites (N-methyl/N-ethyl adjacent to an activating group) is 1. The van der Waals surface area contributed by atoms with E-state index in [0.717, 1.165) is 30.7 Å². The number of likely N-dealkylation sites (tertiary alicyclic amines) is 1. The molecule has 0 saturated carbocycles. The Kier molecular flexibility index (Phi) is 5.30. The quantitative estimate of drug-likeness (QED) is 0.856. The number of amides is 2. The van der Waals surface area contributed by atoms with Crippen molar-refractivity contribution in [2.24, 2.45) is 0 Å². The summed E-state index contributed by atoms with van der Waals surface area (Å²) in [7, 11) is 1.93. The maximum Gasteiger partial charge on any atom is 0.265 e. The molecule has 1 fully saturated rings. The second-order valence-corrected chi connectivity index (χ2v) is 7.37. The zero-order chi connectivity index (χ0) is 19.5. The first kappa shape index (κ1) is 18.5. The van der Waals surface area contributed by atoms with Gasteiger partial charge >= 0.3 is 0 Å². The number of carbonyl (C=O) groups excluding carboxylic acids is 2.